The summed E-state index contributed by atoms with van der Waals surface area (Å²) in [4.78, 5) is 18.3. The van der Waals surface area contributed by atoms with E-state index in [0.717, 1.165) is 48.7 Å². The molecule has 0 N–H and O–H groups in total. The predicted molar refractivity (Wildman–Crippen MR) is 120 cm³/mol. The van der Waals surface area contributed by atoms with Gasteiger partial charge in [-0.05, 0) is 69.5 Å². The molecule has 0 atom stereocenters. The summed E-state index contributed by atoms with van der Waals surface area (Å²) in [7, 11) is 4.18. The lowest BCUT2D eigenvalue weighted by Gasteiger charge is -2.23. The van der Waals surface area contributed by atoms with Crippen LogP contribution in [0.3, 0.4) is 0 Å². The zero-order valence-electron chi connectivity index (χ0n) is 17.9. The molecular formula is C24H27FN6. The first-order chi connectivity index (χ1) is 15.1. The van der Waals surface area contributed by atoms with E-state index >= 15 is 0 Å². The van der Waals surface area contributed by atoms with Crippen LogP contribution >= 0.6 is 0 Å². The fourth-order valence-corrected chi connectivity index (χ4v) is 3.68. The Morgan fingerprint density at radius 3 is 2.45 bits per heavy atom. The number of hydrogen-bond donors (Lipinski definition) is 0. The molecule has 160 valence electrons. The number of pyridine rings is 1. The van der Waals surface area contributed by atoms with Crippen molar-refractivity contribution in [1.29, 1.82) is 0 Å². The van der Waals surface area contributed by atoms with Crippen molar-refractivity contribution in [2.45, 2.75) is 19.5 Å². The normalized spacial score (nSPS) is 11.6. The topological polar surface area (TPSA) is 49.6 Å². The fourth-order valence-electron chi connectivity index (χ4n) is 3.68. The van der Waals surface area contributed by atoms with E-state index in [9.17, 15) is 4.39 Å². The molecule has 0 aliphatic carbocycles. The highest BCUT2D eigenvalue weighted by Crippen LogP contribution is 2.26. The average Bonchev–Trinajstić information content (AvgIpc) is 3.13. The van der Waals surface area contributed by atoms with Crippen LogP contribution in [0, 0.1) is 5.82 Å². The summed E-state index contributed by atoms with van der Waals surface area (Å²) < 4.78 is 15.5. The molecule has 0 aliphatic rings. The molecule has 0 unspecified atom stereocenters. The van der Waals surface area contributed by atoms with Crippen LogP contribution in [0.25, 0.3) is 17.0 Å². The predicted octanol–water partition coefficient (Wildman–Crippen LogP) is 3.88. The lowest BCUT2D eigenvalue weighted by molar-refractivity contribution is 0.234. The second kappa shape index (κ2) is 9.76. The van der Waals surface area contributed by atoms with Crippen LogP contribution in [0.15, 0.2) is 67.1 Å². The molecule has 0 saturated carbocycles. The maximum Gasteiger partial charge on any atom is 0.234 e. The third-order valence-corrected chi connectivity index (χ3v) is 5.19. The summed E-state index contributed by atoms with van der Waals surface area (Å²) >= 11 is 0. The number of fused-ring (bicyclic) bond motifs is 1. The van der Waals surface area contributed by atoms with Crippen LogP contribution in [0.1, 0.15) is 17.8 Å². The third kappa shape index (κ3) is 5.31. The van der Waals surface area contributed by atoms with Crippen molar-refractivity contribution in [2.24, 2.45) is 0 Å². The monoisotopic (exact) mass is 418 g/mol. The Morgan fingerprint density at radius 2 is 1.71 bits per heavy atom. The van der Waals surface area contributed by atoms with Gasteiger partial charge in [0.05, 0.1) is 17.1 Å². The Balaban J connectivity index is 1.68. The van der Waals surface area contributed by atoms with Gasteiger partial charge in [-0.1, -0.05) is 6.07 Å². The minimum atomic E-state index is -0.257. The molecular weight excluding hydrogens is 391 g/mol. The van der Waals surface area contributed by atoms with Gasteiger partial charge in [0, 0.05) is 43.8 Å². The smallest absolute Gasteiger partial charge is 0.234 e. The van der Waals surface area contributed by atoms with Crippen LogP contribution in [0.2, 0.25) is 0 Å². The highest BCUT2D eigenvalue weighted by atomic mass is 19.1. The molecule has 0 radical (unpaired) electrons. The SMILES string of the molecule is CN(C)CCCN(Cc1ccccn1)Cc1c(-c2ccc(F)cc2)nc2ncccn12. The quantitative estimate of drug-likeness (QED) is 0.413. The van der Waals surface area contributed by atoms with Crippen LogP contribution in [0.4, 0.5) is 4.39 Å². The number of imidazole rings is 1. The highest BCUT2D eigenvalue weighted by Gasteiger charge is 2.18. The maximum atomic E-state index is 13.5. The number of halogens is 1. The van der Waals surface area contributed by atoms with Crippen LogP contribution in [-0.4, -0.2) is 56.3 Å². The summed E-state index contributed by atoms with van der Waals surface area (Å²) in [6.45, 7) is 3.36. The van der Waals surface area contributed by atoms with E-state index in [1.807, 2.05) is 35.0 Å². The van der Waals surface area contributed by atoms with Crippen molar-refractivity contribution in [1.82, 2.24) is 29.2 Å². The maximum absolute atomic E-state index is 13.5. The average molecular weight is 419 g/mol. The molecule has 3 heterocycles. The van der Waals surface area contributed by atoms with E-state index in [4.69, 9.17) is 4.98 Å². The van der Waals surface area contributed by atoms with Gasteiger partial charge in [0.25, 0.3) is 0 Å². The van der Waals surface area contributed by atoms with Crippen molar-refractivity contribution in [3.63, 3.8) is 0 Å². The number of hydrogen-bond acceptors (Lipinski definition) is 5. The summed E-state index contributed by atoms with van der Waals surface area (Å²) in [5.74, 6) is 0.385. The van der Waals surface area contributed by atoms with Gasteiger partial charge in [-0.3, -0.25) is 14.3 Å². The lowest BCUT2D eigenvalue weighted by Crippen LogP contribution is -2.28. The number of aromatic nitrogens is 4. The van der Waals surface area contributed by atoms with Crippen molar-refractivity contribution in [3.8, 4) is 11.3 Å². The molecule has 4 aromatic rings. The molecule has 7 heteroatoms. The number of benzene rings is 1. The number of nitrogens with zero attached hydrogens (tertiary/aromatic N) is 6. The van der Waals surface area contributed by atoms with E-state index in [2.05, 4.69) is 39.9 Å². The zero-order chi connectivity index (χ0) is 21.6. The van der Waals surface area contributed by atoms with Crippen molar-refractivity contribution in [3.05, 3.63) is 84.3 Å². The van der Waals surface area contributed by atoms with Crippen LogP contribution in [-0.2, 0) is 13.1 Å². The molecule has 0 bridgehead atoms. The van der Waals surface area contributed by atoms with Gasteiger partial charge < -0.3 is 4.90 Å². The highest BCUT2D eigenvalue weighted by molar-refractivity contribution is 5.65. The second-order valence-electron chi connectivity index (χ2n) is 7.89. The van der Waals surface area contributed by atoms with Gasteiger partial charge in [0.2, 0.25) is 5.78 Å². The van der Waals surface area contributed by atoms with E-state index in [1.165, 1.54) is 12.1 Å². The van der Waals surface area contributed by atoms with E-state index in [0.29, 0.717) is 12.3 Å². The minimum Gasteiger partial charge on any atom is -0.309 e. The van der Waals surface area contributed by atoms with Gasteiger partial charge in [-0.25, -0.2) is 14.4 Å². The molecule has 0 saturated heterocycles. The molecule has 6 nitrogen and oxygen atoms in total. The second-order valence-corrected chi connectivity index (χ2v) is 7.89. The molecule has 0 spiro atoms. The summed E-state index contributed by atoms with van der Waals surface area (Å²) in [5, 5.41) is 0. The minimum absolute atomic E-state index is 0.257. The molecule has 31 heavy (non-hydrogen) atoms. The zero-order valence-corrected chi connectivity index (χ0v) is 17.9. The van der Waals surface area contributed by atoms with Crippen LogP contribution in [0.5, 0.6) is 0 Å². The van der Waals surface area contributed by atoms with Gasteiger partial charge in [-0.2, -0.15) is 0 Å². The first-order valence-corrected chi connectivity index (χ1v) is 10.4. The van der Waals surface area contributed by atoms with Gasteiger partial charge in [0.1, 0.15) is 5.82 Å². The fraction of sp³-hybridized carbons (Fsp3) is 0.292. The molecule has 4 rings (SSSR count). The third-order valence-electron chi connectivity index (χ3n) is 5.19. The molecule has 0 aliphatic heterocycles. The van der Waals surface area contributed by atoms with Gasteiger partial charge in [0.15, 0.2) is 0 Å². The summed E-state index contributed by atoms with van der Waals surface area (Å²) in [6.07, 6.45) is 6.59. The summed E-state index contributed by atoms with van der Waals surface area (Å²) in [5.41, 5.74) is 3.78. The van der Waals surface area contributed by atoms with E-state index in [1.54, 1.807) is 18.3 Å². The lowest BCUT2D eigenvalue weighted by atomic mass is 10.1. The van der Waals surface area contributed by atoms with Crippen LogP contribution < -0.4 is 0 Å². The molecule has 0 amide bonds. The standard InChI is InChI=1S/C24H27FN6/c1-29(2)14-6-15-30(17-21-7-3-4-12-26-21)18-22-23(19-8-10-20(25)11-9-19)28-24-27-13-5-16-31(22)24/h3-5,7-13,16H,6,14-15,17-18H2,1-2H3. The summed E-state index contributed by atoms with van der Waals surface area (Å²) in [6, 6.07) is 14.4. The first kappa shape index (κ1) is 21.1. The van der Waals surface area contributed by atoms with Gasteiger partial charge in [-0.15, -0.1) is 0 Å². The molecule has 3 aromatic heterocycles. The Bertz CT molecular complexity index is 1110. The molecule has 1 aromatic carbocycles. The van der Waals surface area contributed by atoms with E-state index < -0.39 is 0 Å². The van der Waals surface area contributed by atoms with Crippen molar-refractivity contribution in [2.75, 3.05) is 27.2 Å². The first-order valence-electron chi connectivity index (χ1n) is 10.4. The van der Waals surface area contributed by atoms with E-state index in [-0.39, 0.29) is 5.82 Å². The van der Waals surface area contributed by atoms with Crippen molar-refractivity contribution < 1.29 is 4.39 Å². The van der Waals surface area contributed by atoms with Crippen molar-refractivity contribution >= 4 is 5.78 Å². The largest absolute Gasteiger partial charge is 0.309 e. The molecule has 0 fully saturated rings. The Labute approximate surface area is 182 Å². The Hall–Kier alpha value is -3.16. The Morgan fingerprint density at radius 1 is 0.903 bits per heavy atom. The van der Waals surface area contributed by atoms with Gasteiger partial charge >= 0.3 is 0 Å². The Kier molecular flexibility index (Phi) is 6.64. The number of rotatable bonds is 9.